The zero-order valence-corrected chi connectivity index (χ0v) is 18.4. The van der Waals surface area contributed by atoms with Gasteiger partial charge in [0.05, 0.1) is 35.6 Å². The van der Waals surface area contributed by atoms with Crippen molar-refractivity contribution in [3.8, 4) is 0 Å². The van der Waals surface area contributed by atoms with Gasteiger partial charge in [0, 0.05) is 25.6 Å². The van der Waals surface area contributed by atoms with Crippen LogP contribution in [0.1, 0.15) is 24.0 Å². The van der Waals surface area contributed by atoms with Gasteiger partial charge in [-0.25, -0.2) is 8.42 Å². The van der Waals surface area contributed by atoms with Gasteiger partial charge in [0.1, 0.15) is 0 Å². The number of nitrogens with zero attached hydrogens (tertiary/aromatic N) is 2. The number of ether oxygens (including phenoxy) is 1. The van der Waals surface area contributed by atoms with Crippen molar-refractivity contribution in [2.45, 2.75) is 26.4 Å². The van der Waals surface area contributed by atoms with E-state index in [-0.39, 0.29) is 42.2 Å². The Labute approximate surface area is 182 Å². The second-order valence-electron chi connectivity index (χ2n) is 7.01. The Morgan fingerprint density at radius 3 is 2.52 bits per heavy atom. The molecule has 2 rings (SSSR count). The number of carbonyl (C=O) groups excluding carboxylic acids is 1. The molecular formula is C21H27N3O6S. The highest BCUT2D eigenvalue weighted by Crippen LogP contribution is 2.29. The molecule has 2 aromatic carbocycles. The molecule has 2 aromatic rings. The maximum Gasteiger partial charge on any atom is 0.274 e. The summed E-state index contributed by atoms with van der Waals surface area (Å²) in [4.78, 5) is 22.6. The van der Waals surface area contributed by atoms with Gasteiger partial charge in [-0.3, -0.25) is 19.2 Å². The fourth-order valence-electron chi connectivity index (χ4n) is 3.04. The van der Waals surface area contributed by atoms with E-state index in [0.717, 1.165) is 16.1 Å². The first-order valence-corrected chi connectivity index (χ1v) is 11.6. The standard InChI is InChI=1S/C21H27N3O6S/c1-17-19(10-6-11-20(17)24(26)27)23(31(2,28)29)14-7-12-21(25)22-13-15-30-16-18-8-4-3-5-9-18/h3-6,8-11H,7,12-16H2,1-2H3,(H,22,25). The number of benzene rings is 2. The van der Waals surface area contributed by atoms with Crippen LogP contribution in [0.5, 0.6) is 0 Å². The third-order valence-corrected chi connectivity index (χ3v) is 5.77. The lowest BCUT2D eigenvalue weighted by molar-refractivity contribution is -0.385. The lowest BCUT2D eigenvalue weighted by Gasteiger charge is -2.24. The van der Waals surface area contributed by atoms with Gasteiger partial charge in [-0.05, 0) is 25.0 Å². The summed E-state index contributed by atoms with van der Waals surface area (Å²) in [6.07, 6.45) is 1.43. The summed E-state index contributed by atoms with van der Waals surface area (Å²) in [5.74, 6) is -0.215. The molecule has 0 saturated heterocycles. The zero-order valence-electron chi connectivity index (χ0n) is 17.6. The average molecular weight is 450 g/mol. The monoisotopic (exact) mass is 449 g/mol. The van der Waals surface area contributed by atoms with E-state index >= 15 is 0 Å². The Morgan fingerprint density at radius 2 is 1.87 bits per heavy atom. The number of rotatable bonds is 12. The number of anilines is 1. The molecule has 31 heavy (non-hydrogen) atoms. The molecule has 168 valence electrons. The third-order valence-electron chi connectivity index (χ3n) is 4.59. The van der Waals surface area contributed by atoms with E-state index in [4.69, 9.17) is 4.74 Å². The highest BCUT2D eigenvalue weighted by atomic mass is 32.2. The Bertz CT molecular complexity index is 995. The van der Waals surface area contributed by atoms with Gasteiger partial charge >= 0.3 is 0 Å². The van der Waals surface area contributed by atoms with E-state index in [1.165, 1.54) is 25.1 Å². The van der Waals surface area contributed by atoms with Crippen molar-refractivity contribution >= 4 is 27.3 Å². The van der Waals surface area contributed by atoms with E-state index in [1.54, 1.807) is 0 Å². The SMILES string of the molecule is Cc1c(N(CCCC(=O)NCCOCc2ccccc2)S(C)(=O)=O)cccc1[N+](=O)[O-]. The topological polar surface area (TPSA) is 119 Å². The fraction of sp³-hybridized carbons (Fsp3) is 0.381. The lowest BCUT2D eigenvalue weighted by atomic mass is 10.1. The molecule has 0 fully saturated rings. The largest absolute Gasteiger partial charge is 0.375 e. The minimum atomic E-state index is -3.67. The van der Waals surface area contributed by atoms with Crippen LogP contribution in [0, 0.1) is 17.0 Å². The van der Waals surface area contributed by atoms with Gasteiger partial charge < -0.3 is 10.1 Å². The van der Waals surface area contributed by atoms with Crippen LogP contribution in [0.25, 0.3) is 0 Å². The summed E-state index contributed by atoms with van der Waals surface area (Å²) < 4.78 is 31.1. The fourth-order valence-corrected chi connectivity index (χ4v) is 4.06. The molecule has 0 spiro atoms. The van der Waals surface area contributed by atoms with Crippen LogP contribution in [0.3, 0.4) is 0 Å². The summed E-state index contributed by atoms with van der Waals surface area (Å²) >= 11 is 0. The van der Waals surface area contributed by atoms with Crippen molar-refractivity contribution in [3.05, 3.63) is 69.8 Å². The van der Waals surface area contributed by atoms with Crippen molar-refractivity contribution in [2.75, 3.05) is 30.3 Å². The molecule has 0 radical (unpaired) electrons. The summed E-state index contributed by atoms with van der Waals surface area (Å²) in [6, 6.07) is 14.0. The van der Waals surface area contributed by atoms with E-state index in [1.807, 2.05) is 30.3 Å². The molecule has 0 aliphatic rings. The van der Waals surface area contributed by atoms with Gasteiger partial charge in [-0.1, -0.05) is 36.4 Å². The van der Waals surface area contributed by atoms with Crippen molar-refractivity contribution in [2.24, 2.45) is 0 Å². The molecule has 0 aromatic heterocycles. The van der Waals surface area contributed by atoms with E-state index < -0.39 is 14.9 Å². The lowest BCUT2D eigenvalue weighted by Crippen LogP contribution is -2.33. The van der Waals surface area contributed by atoms with Crippen LogP contribution in [0.15, 0.2) is 48.5 Å². The molecule has 10 heteroatoms. The maximum atomic E-state index is 12.2. The van der Waals surface area contributed by atoms with Crippen LogP contribution in [-0.4, -0.2) is 45.2 Å². The molecule has 0 aliphatic carbocycles. The van der Waals surface area contributed by atoms with Crippen LogP contribution in [0.4, 0.5) is 11.4 Å². The second kappa shape index (κ2) is 11.4. The van der Waals surface area contributed by atoms with Crippen LogP contribution >= 0.6 is 0 Å². The summed E-state index contributed by atoms with van der Waals surface area (Å²) in [5.41, 5.74) is 1.40. The van der Waals surface area contributed by atoms with Gasteiger partial charge in [-0.15, -0.1) is 0 Å². The number of carbonyl (C=O) groups is 1. The van der Waals surface area contributed by atoms with Gasteiger partial charge in [0.25, 0.3) is 5.69 Å². The molecule has 0 heterocycles. The van der Waals surface area contributed by atoms with Crippen molar-refractivity contribution in [3.63, 3.8) is 0 Å². The van der Waals surface area contributed by atoms with Crippen molar-refractivity contribution < 1.29 is 22.9 Å². The molecule has 0 saturated carbocycles. The minimum Gasteiger partial charge on any atom is -0.375 e. The number of nitrogens with one attached hydrogen (secondary N) is 1. The molecule has 0 atom stereocenters. The molecular weight excluding hydrogens is 422 g/mol. The summed E-state index contributed by atoms with van der Waals surface area (Å²) in [7, 11) is -3.67. The summed E-state index contributed by atoms with van der Waals surface area (Å²) in [5, 5.41) is 13.9. The second-order valence-corrected chi connectivity index (χ2v) is 8.91. The van der Waals surface area contributed by atoms with Gasteiger partial charge in [0.2, 0.25) is 15.9 Å². The Kier molecular flexibility index (Phi) is 8.95. The number of nitro benzene ring substituents is 1. The quantitative estimate of drug-likeness (QED) is 0.302. The summed E-state index contributed by atoms with van der Waals surface area (Å²) in [6.45, 7) is 2.73. The number of hydrogen-bond acceptors (Lipinski definition) is 6. The van der Waals surface area contributed by atoms with E-state index in [0.29, 0.717) is 19.8 Å². The Hall–Kier alpha value is -2.98. The molecule has 0 unspecified atom stereocenters. The predicted octanol–water partition coefficient (Wildman–Crippen LogP) is 2.78. The average Bonchev–Trinajstić information content (AvgIpc) is 2.71. The Morgan fingerprint density at radius 1 is 1.16 bits per heavy atom. The number of amides is 1. The number of hydrogen-bond donors (Lipinski definition) is 1. The third kappa shape index (κ3) is 7.65. The van der Waals surface area contributed by atoms with E-state index in [2.05, 4.69) is 5.32 Å². The first kappa shape index (κ1) is 24.3. The smallest absolute Gasteiger partial charge is 0.274 e. The molecule has 1 amide bonds. The van der Waals surface area contributed by atoms with Crippen molar-refractivity contribution in [1.82, 2.24) is 5.32 Å². The molecule has 0 aliphatic heterocycles. The van der Waals surface area contributed by atoms with Crippen LogP contribution in [-0.2, 0) is 26.2 Å². The first-order valence-electron chi connectivity index (χ1n) is 9.80. The molecule has 9 nitrogen and oxygen atoms in total. The first-order chi connectivity index (χ1) is 14.7. The highest BCUT2D eigenvalue weighted by molar-refractivity contribution is 7.92. The van der Waals surface area contributed by atoms with E-state index in [9.17, 15) is 23.3 Å². The maximum absolute atomic E-state index is 12.2. The minimum absolute atomic E-state index is 0.0404. The van der Waals surface area contributed by atoms with Crippen LogP contribution in [0.2, 0.25) is 0 Å². The Balaban J connectivity index is 1.82. The van der Waals surface area contributed by atoms with Gasteiger partial charge in [-0.2, -0.15) is 0 Å². The van der Waals surface area contributed by atoms with Crippen molar-refractivity contribution in [1.29, 1.82) is 0 Å². The molecule has 0 bridgehead atoms. The zero-order chi connectivity index (χ0) is 22.9. The number of sulfonamides is 1. The van der Waals surface area contributed by atoms with Gasteiger partial charge in [0.15, 0.2) is 0 Å². The predicted molar refractivity (Wildman–Crippen MR) is 118 cm³/mol. The normalized spacial score (nSPS) is 11.2. The number of nitro groups is 1. The molecule has 1 N–H and O–H groups in total. The highest BCUT2D eigenvalue weighted by Gasteiger charge is 2.23. The van der Waals surface area contributed by atoms with Crippen LogP contribution < -0.4 is 9.62 Å².